The zero-order valence-corrected chi connectivity index (χ0v) is 24.9. The van der Waals surface area contributed by atoms with E-state index in [0.717, 1.165) is 21.5 Å². The number of ether oxygens (including phenoxy) is 3. The molecule has 0 bridgehead atoms. The van der Waals surface area contributed by atoms with Crippen LogP contribution in [-0.2, 0) is 9.53 Å². The van der Waals surface area contributed by atoms with Crippen LogP contribution in [0.4, 0.5) is 0 Å². The van der Waals surface area contributed by atoms with Gasteiger partial charge in [0, 0.05) is 21.5 Å². The topological polar surface area (TPSA) is 57.1 Å². The summed E-state index contributed by atoms with van der Waals surface area (Å²) in [6.45, 7) is 6.42. The van der Waals surface area contributed by atoms with Gasteiger partial charge in [-0.05, 0) is 39.0 Å². The summed E-state index contributed by atoms with van der Waals surface area (Å²) in [4.78, 5) is 13.6. The summed E-state index contributed by atoms with van der Waals surface area (Å²) in [6.07, 6.45) is 3.75. The minimum absolute atomic E-state index is 0.206. The van der Waals surface area contributed by atoms with Crippen LogP contribution in [0, 0.1) is 0 Å². The van der Waals surface area contributed by atoms with Crippen molar-refractivity contribution >= 4 is 35.0 Å². The quantitative estimate of drug-likeness (QED) is 0.0841. The number of rotatable bonds is 11. The minimum atomic E-state index is -2.72. The first-order valence-corrected chi connectivity index (χ1v) is 15.3. The monoisotopic (exact) mass is 565 g/mol. The van der Waals surface area contributed by atoms with E-state index < -0.39 is 13.0 Å². The van der Waals surface area contributed by atoms with Gasteiger partial charge in [-0.3, -0.25) is 0 Å². The Labute approximate surface area is 243 Å². The molecule has 0 saturated carbocycles. The maximum absolute atomic E-state index is 13.6. The van der Waals surface area contributed by atoms with Crippen molar-refractivity contribution in [2.75, 3.05) is 20.3 Å². The van der Waals surface area contributed by atoms with Crippen LogP contribution in [0.5, 0.6) is 11.5 Å². The summed E-state index contributed by atoms with van der Waals surface area (Å²) in [7, 11) is -1.12. The highest BCUT2D eigenvalue weighted by Crippen LogP contribution is 2.48. The number of carbonyl (C=O) groups excluding carboxylic acids is 1. The summed E-state index contributed by atoms with van der Waals surface area (Å²) in [5, 5.41) is 3.08. The molecular formula is C35H36NO4P. The van der Waals surface area contributed by atoms with Gasteiger partial charge in [-0.25, -0.2) is 9.54 Å². The van der Waals surface area contributed by atoms with Crippen molar-refractivity contribution in [1.82, 2.24) is 0 Å². The largest absolute Gasteiger partial charge is 0.493 e. The maximum atomic E-state index is 13.6. The van der Waals surface area contributed by atoms with E-state index in [0.29, 0.717) is 23.7 Å². The highest BCUT2D eigenvalue weighted by molar-refractivity contribution is 7.87. The average molecular weight is 566 g/mol. The predicted molar refractivity (Wildman–Crippen MR) is 170 cm³/mol. The van der Waals surface area contributed by atoms with E-state index in [2.05, 4.69) is 36.4 Å². The number of esters is 1. The van der Waals surface area contributed by atoms with Crippen LogP contribution in [0.2, 0.25) is 0 Å². The molecule has 210 valence electrons. The van der Waals surface area contributed by atoms with Crippen molar-refractivity contribution in [2.45, 2.75) is 20.8 Å². The molecule has 0 amide bonds. The lowest BCUT2D eigenvalue weighted by molar-refractivity contribution is -0.138. The zero-order valence-electron chi connectivity index (χ0n) is 24.0. The molecule has 4 aromatic rings. The molecule has 0 N–H and O–H groups in total. The third-order valence-corrected chi connectivity index (χ3v) is 10.0. The Kier molecular flexibility index (Phi) is 10.4. The highest BCUT2D eigenvalue weighted by Gasteiger charge is 2.29. The zero-order chi connectivity index (χ0) is 29.1. The van der Waals surface area contributed by atoms with E-state index in [4.69, 9.17) is 19.0 Å². The van der Waals surface area contributed by atoms with E-state index in [9.17, 15) is 4.79 Å². The Morgan fingerprint density at radius 1 is 0.780 bits per heavy atom. The molecule has 4 rings (SSSR count). The van der Waals surface area contributed by atoms with Crippen LogP contribution in [-0.4, -0.2) is 26.3 Å². The molecule has 0 heterocycles. The molecule has 0 aliphatic carbocycles. The molecule has 0 fully saturated rings. The molecule has 0 atom stereocenters. The standard InChI is InChI=1S/C35H36NO4P/c1-5-39-35(37)32(26-28-16-15-23-33(38-4)34(28)40-25-24-27(2)3)36-41(29-17-9-6-10-18-29,30-19-11-7-12-20-30)31-21-13-8-14-22-31/h6-24,26H,5,25H2,1-4H3/b32-26-. The lowest BCUT2D eigenvalue weighted by Crippen LogP contribution is -2.26. The van der Waals surface area contributed by atoms with Crippen LogP contribution in [0.1, 0.15) is 26.3 Å². The van der Waals surface area contributed by atoms with Crippen molar-refractivity contribution in [3.05, 3.63) is 132 Å². The summed E-state index contributed by atoms with van der Waals surface area (Å²) in [5.41, 5.74) is 2.02. The number of carbonyl (C=O) groups is 1. The molecular weight excluding hydrogens is 529 g/mol. The Bertz CT molecular complexity index is 1450. The van der Waals surface area contributed by atoms with Gasteiger partial charge in [0.05, 0.1) is 20.8 Å². The SMILES string of the molecule is CCOC(=O)/C(=C/c1cccc(OC)c1OCC=C(C)C)N=P(c1ccccc1)(c1ccccc1)c1ccccc1. The summed E-state index contributed by atoms with van der Waals surface area (Å²) in [6, 6.07) is 36.1. The van der Waals surface area contributed by atoms with E-state index in [1.165, 1.54) is 0 Å². The van der Waals surface area contributed by atoms with E-state index >= 15 is 0 Å². The number of methoxy groups -OCH3 is 1. The molecule has 5 nitrogen and oxygen atoms in total. The van der Waals surface area contributed by atoms with Gasteiger partial charge in [0.25, 0.3) is 0 Å². The third-order valence-electron chi connectivity index (χ3n) is 6.37. The van der Waals surface area contributed by atoms with Crippen molar-refractivity contribution in [2.24, 2.45) is 4.74 Å². The van der Waals surface area contributed by atoms with E-state index in [-0.39, 0.29) is 12.3 Å². The fraction of sp³-hybridized carbons (Fsp3) is 0.171. The third kappa shape index (κ3) is 7.06. The van der Waals surface area contributed by atoms with Gasteiger partial charge >= 0.3 is 5.97 Å². The molecule has 0 aliphatic heterocycles. The molecule has 0 aliphatic rings. The van der Waals surface area contributed by atoms with Gasteiger partial charge in [0.1, 0.15) is 12.3 Å². The predicted octanol–water partition coefficient (Wildman–Crippen LogP) is 7.12. The van der Waals surface area contributed by atoms with Crippen LogP contribution in [0.15, 0.2) is 131 Å². The Morgan fingerprint density at radius 2 is 1.32 bits per heavy atom. The molecule has 0 spiro atoms. The van der Waals surface area contributed by atoms with Gasteiger partial charge < -0.3 is 14.2 Å². The number of hydrogen-bond donors (Lipinski definition) is 0. The summed E-state index contributed by atoms with van der Waals surface area (Å²) in [5.74, 6) is 0.602. The molecule has 0 aromatic heterocycles. The van der Waals surface area contributed by atoms with Gasteiger partial charge in [-0.15, -0.1) is 0 Å². The number of allylic oxidation sites excluding steroid dienone is 1. The second-order valence-electron chi connectivity index (χ2n) is 9.46. The fourth-order valence-electron chi connectivity index (χ4n) is 4.45. The number of hydrogen-bond acceptors (Lipinski definition) is 5. The number of para-hydroxylation sites is 1. The Morgan fingerprint density at radius 3 is 1.78 bits per heavy atom. The average Bonchev–Trinajstić information content (AvgIpc) is 3.01. The molecule has 0 saturated heterocycles. The molecule has 4 aromatic carbocycles. The lowest BCUT2D eigenvalue weighted by atomic mass is 10.1. The van der Waals surface area contributed by atoms with Crippen LogP contribution in [0.3, 0.4) is 0 Å². The fourth-order valence-corrected chi connectivity index (χ4v) is 7.96. The molecule has 41 heavy (non-hydrogen) atoms. The first kappa shape index (κ1) is 29.6. The van der Waals surface area contributed by atoms with Gasteiger partial charge in [-0.1, -0.05) is 109 Å². The molecule has 0 unspecified atom stereocenters. The minimum Gasteiger partial charge on any atom is -0.493 e. The molecule has 0 radical (unpaired) electrons. The van der Waals surface area contributed by atoms with E-state index in [1.807, 2.05) is 92.7 Å². The first-order valence-electron chi connectivity index (χ1n) is 13.6. The summed E-state index contributed by atoms with van der Waals surface area (Å²) >= 11 is 0. The van der Waals surface area contributed by atoms with Gasteiger partial charge in [0.15, 0.2) is 11.5 Å². The Balaban J connectivity index is 2.07. The van der Waals surface area contributed by atoms with Crippen LogP contribution >= 0.6 is 7.05 Å². The van der Waals surface area contributed by atoms with Crippen LogP contribution < -0.4 is 25.4 Å². The summed E-state index contributed by atoms with van der Waals surface area (Å²) < 4.78 is 22.8. The number of benzene rings is 4. The number of nitrogens with zero attached hydrogens (tertiary/aromatic N) is 1. The maximum Gasteiger partial charge on any atom is 0.356 e. The first-order chi connectivity index (χ1) is 20.0. The van der Waals surface area contributed by atoms with Crippen molar-refractivity contribution < 1.29 is 19.0 Å². The second kappa shape index (κ2) is 14.3. The smallest absolute Gasteiger partial charge is 0.356 e. The van der Waals surface area contributed by atoms with Crippen LogP contribution in [0.25, 0.3) is 6.08 Å². The van der Waals surface area contributed by atoms with E-state index in [1.54, 1.807) is 20.1 Å². The van der Waals surface area contributed by atoms with Gasteiger partial charge in [-0.2, -0.15) is 0 Å². The van der Waals surface area contributed by atoms with Crippen molar-refractivity contribution in [3.63, 3.8) is 0 Å². The Hall–Kier alpha value is -4.34. The second-order valence-corrected chi connectivity index (χ2v) is 12.5. The van der Waals surface area contributed by atoms with Crippen molar-refractivity contribution in [3.8, 4) is 11.5 Å². The normalized spacial score (nSPS) is 11.4. The molecule has 6 heteroatoms. The highest BCUT2D eigenvalue weighted by atomic mass is 31.2. The van der Waals surface area contributed by atoms with Crippen molar-refractivity contribution in [1.29, 1.82) is 0 Å². The van der Waals surface area contributed by atoms with Gasteiger partial charge in [0.2, 0.25) is 0 Å². The lowest BCUT2D eigenvalue weighted by Gasteiger charge is -2.27.